The second-order valence-electron chi connectivity index (χ2n) is 15.5. The van der Waals surface area contributed by atoms with Crippen LogP contribution in [-0.4, -0.2) is 76.0 Å². The number of carbonyl (C=O) groups is 2. The number of cyclic esters (lactones) is 1. The Balaban J connectivity index is 1.60. The monoisotopic (exact) mass is 749 g/mol. The molecule has 3 aliphatic rings. The summed E-state index contributed by atoms with van der Waals surface area (Å²) in [6, 6.07) is 5.13. The summed E-state index contributed by atoms with van der Waals surface area (Å²) in [7, 11) is 1.76. The number of aliphatic hydroxyl groups is 3. The summed E-state index contributed by atoms with van der Waals surface area (Å²) in [4.78, 5) is 24.8. The lowest BCUT2D eigenvalue weighted by atomic mass is 9.79. The van der Waals surface area contributed by atoms with Crippen molar-refractivity contribution in [3.05, 3.63) is 69.8 Å². The highest BCUT2D eigenvalue weighted by molar-refractivity contribution is 6.35. The first-order valence-corrected chi connectivity index (χ1v) is 18.9. The summed E-state index contributed by atoms with van der Waals surface area (Å²) in [6.45, 7) is 13.2. The molecule has 4 N–H and O–H groups in total. The molecular formula is C40H57Cl2NO8. The minimum absolute atomic E-state index is 0.0836. The van der Waals surface area contributed by atoms with E-state index in [4.69, 9.17) is 37.4 Å². The van der Waals surface area contributed by atoms with Gasteiger partial charge in [0.2, 0.25) is 0 Å². The van der Waals surface area contributed by atoms with Gasteiger partial charge in [0, 0.05) is 42.6 Å². The van der Waals surface area contributed by atoms with Gasteiger partial charge in [0.25, 0.3) is 0 Å². The number of allylic oxidation sites excluding steroid dienone is 2. The number of hydrogen-bond donors (Lipinski definition) is 4. The van der Waals surface area contributed by atoms with Crippen LogP contribution in [-0.2, 0) is 30.3 Å². The number of aliphatic hydroxyl groups excluding tert-OH is 1. The first-order valence-electron chi connectivity index (χ1n) is 18.1. The number of hydrogen-bond acceptors (Lipinski definition) is 9. The smallest absolute Gasteiger partial charge is 0.309 e. The Labute approximate surface area is 313 Å². The van der Waals surface area contributed by atoms with Gasteiger partial charge in [-0.05, 0) is 99.0 Å². The fraction of sp³-hybridized carbons (Fsp3) is 0.650. The molecule has 2 fully saturated rings. The number of fused-ring (bicyclic) bond motifs is 1. The van der Waals surface area contributed by atoms with Crippen molar-refractivity contribution in [3.63, 3.8) is 0 Å². The zero-order chi connectivity index (χ0) is 37.9. The third-order valence-corrected chi connectivity index (χ3v) is 12.0. The van der Waals surface area contributed by atoms with Gasteiger partial charge >= 0.3 is 11.9 Å². The average molecular weight is 751 g/mol. The molecule has 4 rings (SSSR count). The van der Waals surface area contributed by atoms with Crippen LogP contribution in [0.3, 0.4) is 0 Å². The van der Waals surface area contributed by atoms with Crippen molar-refractivity contribution in [2.75, 3.05) is 7.11 Å². The van der Waals surface area contributed by atoms with E-state index in [1.807, 2.05) is 32.9 Å². The second kappa shape index (κ2) is 16.8. The van der Waals surface area contributed by atoms with Crippen molar-refractivity contribution in [2.45, 2.75) is 129 Å². The van der Waals surface area contributed by atoms with Crippen LogP contribution < -0.4 is 5.32 Å². The van der Waals surface area contributed by atoms with Crippen LogP contribution in [0.25, 0.3) is 0 Å². The molecule has 0 spiro atoms. The third kappa shape index (κ3) is 9.85. The van der Waals surface area contributed by atoms with E-state index in [-0.39, 0.29) is 42.7 Å². The Morgan fingerprint density at radius 1 is 1.25 bits per heavy atom. The third-order valence-electron chi connectivity index (χ3n) is 11.4. The van der Waals surface area contributed by atoms with Crippen LogP contribution >= 0.6 is 23.2 Å². The van der Waals surface area contributed by atoms with Crippen molar-refractivity contribution in [1.82, 2.24) is 5.32 Å². The summed E-state index contributed by atoms with van der Waals surface area (Å²) >= 11 is 12.7. The standard InChI is InChI=1S/C40H57Cl2NO8/c1-9-32(49-8)25(4)35-30-21-40(30,35)37(43-22-27-13-14-28(41)19-31(27)42)39(7,48)17-10-11-23(2)36-24(3)12-15-33(50-26(5)44)38(6,47)18-16-29(45)20-34(46)51-36/h10-15,17,19,24-25,29-30,32-33,35-37,43,45,47-48H,9,16,18,20-22H2,1-8H3/b15-12+,17-10+,23-11+/t24-,25+,29+,30?,32-,33-,35-,36+,37?,38+,39?,40-/m0/s1. The molecule has 284 valence electrons. The summed E-state index contributed by atoms with van der Waals surface area (Å²) < 4.78 is 17.2. The van der Waals surface area contributed by atoms with Crippen LogP contribution in [0.15, 0.2) is 54.2 Å². The molecular weight excluding hydrogens is 693 g/mol. The number of nitrogens with one attached hydrogen (secondary N) is 1. The molecule has 1 aliphatic heterocycles. The Kier molecular flexibility index (Phi) is 13.7. The Morgan fingerprint density at radius 2 is 1.96 bits per heavy atom. The van der Waals surface area contributed by atoms with Gasteiger partial charge in [-0.1, -0.05) is 74.3 Å². The van der Waals surface area contributed by atoms with E-state index in [1.165, 1.54) is 6.92 Å². The van der Waals surface area contributed by atoms with Crippen molar-refractivity contribution in [1.29, 1.82) is 0 Å². The van der Waals surface area contributed by atoms with E-state index in [2.05, 4.69) is 19.2 Å². The average Bonchev–Trinajstić information content (AvgIpc) is 3.92. The van der Waals surface area contributed by atoms with E-state index in [9.17, 15) is 24.9 Å². The zero-order valence-corrected chi connectivity index (χ0v) is 32.7. The van der Waals surface area contributed by atoms with Crippen LogP contribution in [0.2, 0.25) is 10.0 Å². The number of methoxy groups -OCH3 is 1. The molecule has 1 aromatic rings. The summed E-state index contributed by atoms with van der Waals surface area (Å²) in [5.74, 6) is -0.256. The van der Waals surface area contributed by atoms with E-state index >= 15 is 0 Å². The van der Waals surface area contributed by atoms with Crippen LogP contribution in [0, 0.1) is 29.1 Å². The number of benzene rings is 1. The number of carbonyl (C=O) groups excluding carboxylic acids is 2. The van der Waals surface area contributed by atoms with Gasteiger partial charge in [0.1, 0.15) is 17.8 Å². The predicted octanol–water partition coefficient (Wildman–Crippen LogP) is 6.73. The second-order valence-corrected chi connectivity index (χ2v) is 16.3. The predicted molar refractivity (Wildman–Crippen MR) is 199 cm³/mol. The normalized spacial score (nSPS) is 34.9. The van der Waals surface area contributed by atoms with E-state index < -0.39 is 41.5 Å². The fourth-order valence-electron chi connectivity index (χ4n) is 8.40. The number of ether oxygens (including phenoxy) is 3. The van der Waals surface area contributed by atoms with Gasteiger partial charge in [0.05, 0.1) is 24.2 Å². The number of halogens is 2. The van der Waals surface area contributed by atoms with E-state index in [0.29, 0.717) is 39.9 Å². The lowest BCUT2D eigenvalue weighted by Crippen LogP contribution is -2.52. The lowest BCUT2D eigenvalue weighted by molar-refractivity contribution is -0.157. The van der Waals surface area contributed by atoms with Crippen molar-refractivity contribution in [2.24, 2.45) is 29.1 Å². The minimum atomic E-state index is -1.45. The molecule has 2 saturated carbocycles. The zero-order valence-electron chi connectivity index (χ0n) is 31.2. The van der Waals surface area contributed by atoms with Gasteiger partial charge in [-0.15, -0.1) is 0 Å². The van der Waals surface area contributed by atoms with Gasteiger partial charge in [-0.3, -0.25) is 9.59 Å². The van der Waals surface area contributed by atoms with E-state index in [0.717, 1.165) is 18.4 Å². The molecule has 11 heteroatoms. The first-order chi connectivity index (χ1) is 23.9. The van der Waals surface area contributed by atoms with Gasteiger partial charge in [-0.25, -0.2) is 0 Å². The molecule has 12 atom stereocenters. The molecule has 9 nitrogen and oxygen atoms in total. The van der Waals surface area contributed by atoms with Crippen LogP contribution in [0.4, 0.5) is 0 Å². The summed E-state index contributed by atoms with van der Waals surface area (Å²) in [5, 5.41) is 38.6. The van der Waals surface area contributed by atoms with Crippen LogP contribution in [0.1, 0.15) is 86.1 Å². The lowest BCUT2D eigenvalue weighted by Gasteiger charge is -2.37. The molecule has 0 aromatic heterocycles. The Bertz CT molecular complexity index is 1490. The maximum atomic E-state index is 12.9. The summed E-state index contributed by atoms with van der Waals surface area (Å²) in [6.07, 6.45) is 8.11. The summed E-state index contributed by atoms with van der Waals surface area (Å²) in [5.41, 5.74) is -1.21. The molecule has 2 aliphatic carbocycles. The molecule has 0 saturated heterocycles. The molecule has 0 bridgehead atoms. The molecule has 0 radical (unpaired) electrons. The van der Waals surface area contributed by atoms with Crippen molar-refractivity contribution in [3.8, 4) is 0 Å². The largest absolute Gasteiger partial charge is 0.457 e. The Morgan fingerprint density at radius 3 is 2.57 bits per heavy atom. The molecule has 0 amide bonds. The maximum absolute atomic E-state index is 12.9. The van der Waals surface area contributed by atoms with E-state index in [1.54, 1.807) is 50.5 Å². The highest BCUT2D eigenvalue weighted by atomic mass is 35.5. The molecule has 1 heterocycles. The first kappa shape index (κ1) is 41.5. The van der Waals surface area contributed by atoms with Gasteiger partial charge < -0.3 is 34.8 Å². The maximum Gasteiger partial charge on any atom is 0.309 e. The van der Waals surface area contributed by atoms with Crippen LogP contribution in [0.5, 0.6) is 0 Å². The molecule has 1 aromatic carbocycles. The quantitative estimate of drug-likeness (QED) is 0.0984. The highest BCUT2D eigenvalue weighted by Gasteiger charge is 2.83. The Hall–Kier alpha value is -2.24. The molecule has 3 unspecified atom stereocenters. The van der Waals surface area contributed by atoms with Gasteiger partial charge in [0.15, 0.2) is 0 Å². The molecule has 51 heavy (non-hydrogen) atoms. The van der Waals surface area contributed by atoms with Crippen molar-refractivity contribution >= 4 is 35.1 Å². The fourth-order valence-corrected chi connectivity index (χ4v) is 8.87. The number of esters is 2. The topological polar surface area (TPSA) is 135 Å². The SMILES string of the molecule is CC[C@H](OC)[C@@H](C)[C@H]1C2C[C@]21C(NCc1ccc(Cl)cc1Cl)C(C)(O)/C=C/C=C(\C)[C@H]1OC(=O)C[C@H](O)CC[C@@](C)(O)[C@@H](OC(C)=O)/C=C/[C@@H]1C. The highest BCUT2D eigenvalue weighted by Crippen LogP contribution is 2.84. The minimum Gasteiger partial charge on any atom is -0.457 e. The van der Waals surface area contributed by atoms with Gasteiger partial charge in [-0.2, -0.15) is 0 Å². The number of rotatable bonds is 13. The van der Waals surface area contributed by atoms with Crippen molar-refractivity contribution < 1.29 is 39.1 Å².